The van der Waals surface area contributed by atoms with E-state index in [-0.39, 0.29) is 12.5 Å². The van der Waals surface area contributed by atoms with Gasteiger partial charge in [-0.1, -0.05) is 0 Å². The highest BCUT2D eigenvalue weighted by molar-refractivity contribution is 7.80. The summed E-state index contributed by atoms with van der Waals surface area (Å²) in [6.45, 7) is 1.22. The molecular weight excluding hydrogens is 318 g/mol. The minimum Gasteiger partial charge on any atom is -0.497 e. The largest absolute Gasteiger partial charge is 0.497 e. The first-order valence-electron chi connectivity index (χ1n) is 7.13. The van der Waals surface area contributed by atoms with Gasteiger partial charge < -0.3 is 19.5 Å². The highest BCUT2D eigenvalue weighted by atomic mass is 32.1. The van der Waals surface area contributed by atoms with Crippen molar-refractivity contribution < 1.29 is 19.0 Å². The van der Waals surface area contributed by atoms with Crippen LogP contribution in [0, 0.1) is 0 Å². The van der Waals surface area contributed by atoms with Crippen molar-refractivity contribution in [3.05, 3.63) is 24.3 Å². The van der Waals surface area contributed by atoms with Gasteiger partial charge in [-0.05, 0) is 42.9 Å². The zero-order valence-corrected chi connectivity index (χ0v) is 14.4. The summed E-state index contributed by atoms with van der Waals surface area (Å²) in [7, 11) is 4.90. The van der Waals surface area contributed by atoms with Crippen LogP contribution in [0.4, 0.5) is 0 Å². The quantitative estimate of drug-likeness (QED) is 0.414. The number of nitrogens with one attached hydrogen (secondary N) is 2. The minimum atomic E-state index is -0.302. The molecule has 0 bridgehead atoms. The van der Waals surface area contributed by atoms with Gasteiger partial charge in [0.05, 0.1) is 7.11 Å². The summed E-state index contributed by atoms with van der Waals surface area (Å²) in [6, 6.07) is 6.99. The van der Waals surface area contributed by atoms with Crippen LogP contribution in [0.15, 0.2) is 24.3 Å². The van der Waals surface area contributed by atoms with Crippen molar-refractivity contribution in [3.63, 3.8) is 0 Å². The first kappa shape index (κ1) is 19.0. The van der Waals surface area contributed by atoms with Crippen molar-refractivity contribution in [2.24, 2.45) is 0 Å². The Kier molecular flexibility index (Phi) is 8.78. The first-order valence-corrected chi connectivity index (χ1v) is 7.54. The lowest BCUT2D eigenvalue weighted by atomic mass is 10.3. The number of hydrogen-bond acceptors (Lipinski definition) is 5. The number of thiocarbonyl (C=S) groups is 1. The van der Waals surface area contributed by atoms with E-state index in [1.807, 2.05) is 0 Å². The van der Waals surface area contributed by atoms with E-state index in [4.69, 9.17) is 26.4 Å². The zero-order chi connectivity index (χ0) is 17.1. The maximum Gasteiger partial charge on any atom is 0.276 e. The fourth-order valence-electron chi connectivity index (χ4n) is 1.62. The van der Waals surface area contributed by atoms with E-state index >= 15 is 0 Å². The lowest BCUT2D eigenvalue weighted by molar-refractivity contribution is -0.126. The Bertz CT molecular complexity index is 496. The molecular formula is C15H23N3O4S. The van der Waals surface area contributed by atoms with Crippen LogP contribution in [-0.4, -0.2) is 57.1 Å². The fraction of sp³-hybridized carbons (Fsp3) is 0.467. The Labute approximate surface area is 141 Å². The monoisotopic (exact) mass is 341 g/mol. The molecule has 1 aromatic rings. The molecule has 0 aliphatic rings. The maximum atomic E-state index is 11.8. The van der Waals surface area contributed by atoms with Crippen LogP contribution < -0.4 is 20.2 Å². The molecule has 8 heteroatoms. The third-order valence-corrected chi connectivity index (χ3v) is 3.25. The number of carbonyl (C=O) groups is 1. The maximum absolute atomic E-state index is 11.8. The van der Waals surface area contributed by atoms with Gasteiger partial charge in [-0.3, -0.25) is 15.2 Å². The minimum absolute atomic E-state index is 0.108. The summed E-state index contributed by atoms with van der Waals surface area (Å²) in [5.74, 6) is 1.01. The molecule has 0 radical (unpaired) electrons. The SMILES string of the molecule is COCCCNC(=S)N(C)NC(=O)COc1ccc(OC)cc1. The van der Waals surface area contributed by atoms with Crippen molar-refractivity contribution in [2.75, 3.05) is 41.0 Å². The highest BCUT2D eigenvalue weighted by Crippen LogP contribution is 2.16. The van der Waals surface area contributed by atoms with Gasteiger partial charge in [0.1, 0.15) is 11.5 Å². The van der Waals surface area contributed by atoms with Gasteiger partial charge in [-0.15, -0.1) is 0 Å². The Morgan fingerprint density at radius 3 is 2.48 bits per heavy atom. The molecule has 2 N–H and O–H groups in total. The van der Waals surface area contributed by atoms with Crippen molar-refractivity contribution in [3.8, 4) is 11.5 Å². The van der Waals surface area contributed by atoms with E-state index in [1.165, 1.54) is 5.01 Å². The van der Waals surface area contributed by atoms with E-state index in [9.17, 15) is 4.79 Å². The van der Waals surface area contributed by atoms with E-state index in [1.54, 1.807) is 45.5 Å². The van der Waals surface area contributed by atoms with Crippen LogP contribution in [0.25, 0.3) is 0 Å². The topological polar surface area (TPSA) is 72.1 Å². The summed E-state index contributed by atoms with van der Waals surface area (Å²) >= 11 is 5.15. The number of hydrazine groups is 1. The summed E-state index contributed by atoms with van der Waals surface area (Å²) in [6.07, 6.45) is 0.832. The van der Waals surface area contributed by atoms with Gasteiger partial charge in [0.15, 0.2) is 11.7 Å². The number of hydrogen-bond donors (Lipinski definition) is 2. The normalized spacial score (nSPS) is 9.87. The number of carbonyl (C=O) groups excluding carboxylic acids is 1. The summed E-state index contributed by atoms with van der Waals surface area (Å²) in [5.41, 5.74) is 2.62. The number of nitrogens with zero attached hydrogens (tertiary/aromatic N) is 1. The molecule has 128 valence electrons. The van der Waals surface area contributed by atoms with Crippen LogP contribution in [0.5, 0.6) is 11.5 Å². The van der Waals surface area contributed by atoms with Gasteiger partial charge in [-0.2, -0.15) is 0 Å². The molecule has 23 heavy (non-hydrogen) atoms. The molecule has 0 saturated carbocycles. The molecule has 0 unspecified atom stereocenters. The predicted octanol–water partition coefficient (Wildman–Crippen LogP) is 0.948. The number of methoxy groups -OCH3 is 2. The Balaban J connectivity index is 2.27. The molecule has 7 nitrogen and oxygen atoms in total. The Morgan fingerprint density at radius 1 is 1.22 bits per heavy atom. The predicted molar refractivity (Wildman–Crippen MR) is 91.5 cm³/mol. The van der Waals surface area contributed by atoms with Gasteiger partial charge in [0, 0.05) is 27.3 Å². The smallest absolute Gasteiger partial charge is 0.276 e. The second-order valence-corrected chi connectivity index (χ2v) is 5.02. The first-order chi connectivity index (χ1) is 11.1. The van der Waals surface area contributed by atoms with Gasteiger partial charge >= 0.3 is 0 Å². The number of ether oxygens (including phenoxy) is 3. The molecule has 0 heterocycles. The van der Waals surface area contributed by atoms with E-state index in [0.717, 1.165) is 12.2 Å². The van der Waals surface area contributed by atoms with Crippen molar-refractivity contribution in [1.82, 2.24) is 15.8 Å². The standard InChI is InChI=1S/C15H23N3O4S/c1-18(15(23)16-9-4-10-20-2)17-14(19)11-22-13-7-5-12(21-3)6-8-13/h5-8H,4,9-11H2,1-3H3,(H,16,23)(H,17,19). The van der Waals surface area contributed by atoms with E-state index in [2.05, 4.69) is 10.7 Å². The van der Waals surface area contributed by atoms with Crippen LogP contribution in [0.1, 0.15) is 6.42 Å². The average Bonchev–Trinajstić information content (AvgIpc) is 2.57. The van der Waals surface area contributed by atoms with Crippen LogP contribution >= 0.6 is 12.2 Å². The molecule has 0 aliphatic carbocycles. The Hall–Kier alpha value is -2.06. The third kappa shape index (κ3) is 7.66. The highest BCUT2D eigenvalue weighted by Gasteiger charge is 2.09. The van der Waals surface area contributed by atoms with E-state index in [0.29, 0.717) is 24.0 Å². The molecule has 0 fully saturated rings. The lowest BCUT2D eigenvalue weighted by Crippen LogP contribution is -2.49. The third-order valence-electron chi connectivity index (χ3n) is 2.83. The molecule has 0 aliphatic heterocycles. The van der Waals surface area contributed by atoms with E-state index < -0.39 is 0 Å². The molecule has 0 atom stereocenters. The molecule has 1 aromatic carbocycles. The lowest BCUT2D eigenvalue weighted by Gasteiger charge is -2.21. The van der Waals surface area contributed by atoms with Gasteiger partial charge in [0.25, 0.3) is 5.91 Å². The summed E-state index contributed by atoms with van der Waals surface area (Å²) in [5, 5.41) is 4.89. The second-order valence-electron chi connectivity index (χ2n) is 4.64. The summed E-state index contributed by atoms with van der Waals surface area (Å²) in [4.78, 5) is 11.8. The number of benzene rings is 1. The van der Waals surface area contributed by atoms with Crippen LogP contribution in [0.2, 0.25) is 0 Å². The molecule has 0 aromatic heterocycles. The van der Waals surface area contributed by atoms with Gasteiger partial charge in [0.2, 0.25) is 0 Å². The Morgan fingerprint density at radius 2 is 1.87 bits per heavy atom. The van der Waals surface area contributed by atoms with Crippen molar-refractivity contribution in [2.45, 2.75) is 6.42 Å². The number of amides is 1. The molecule has 1 rings (SSSR count). The summed E-state index contributed by atoms with van der Waals surface area (Å²) < 4.78 is 15.4. The fourth-order valence-corrected chi connectivity index (χ4v) is 1.77. The number of rotatable bonds is 8. The van der Waals surface area contributed by atoms with Crippen molar-refractivity contribution in [1.29, 1.82) is 0 Å². The molecule has 0 spiro atoms. The zero-order valence-electron chi connectivity index (χ0n) is 13.6. The van der Waals surface area contributed by atoms with Crippen LogP contribution in [0.3, 0.4) is 0 Å². The molecule has 0 saturated heterocycles. The molecule has 1 amide bonds. The van der Waals surface area contributed by atoms with Crippen LogP contribution in [-0.2, 0) is 9.53 Å². The second kappa shape index (κ2) is 10.6. The average molecular weight is 341 g/mol. The van der Waals surface area contributed by atoms with Crippen molar-refractivity contribution >= 4 is 23.2 Å². The van der Waals surface area contributed by atoms with Gasteiger partial charge in [-0.25, -0.2) is 0 Å².